The van der Waals surface area contributed by atoms with Gasteiger partial charge in [0.2, 0.25) is 0 Å². The fraction of sp³-hybridized carbons (Fsp3) is 1.00. The van der Waals surface area contributed by atoms with Crippen LogP contribution >= 0.6 is 21.2 Å². The van der Waals surface area contributed by atoms with Crippen LogP contribution in [0.3, 0.4) is 0 Å². The summed E-state index contributed by atoms with van der Waals surface area (Å²) in [6.45, 7) is 2.18. The number of hydrogen-bond acceptors (Lipinski definition) is 1. The topological polar surface area (TPSA) is 0 Å². The van der Waals surface area contributed by atoms with Crippen molar-refractivity contribution < 1.29 is 0 Å². The van der Waals surface area contributed by atoms with Gasteiger partial charge in [-0.25, -0.2) is 0 Å². The Bertz CT molecular complexity index is 44.9. The highest BCUT2D eigenvalue weighted by Gasteiger charge is 2.32. The molecule has 1 heterocycles. The summed E-state index contributed by atoms with van der Waals surface area (Å²) in [4.78, 5) is 0. The van der Waals surface area contributed by atoms with Gasteiger partial charge in [-0.3, -0.25) is 0 Å². The summed E-state index contributed by atoms with van der Waals surface area (Å²) in [5.41, 5.74) is 0. The first-order valence-corrected chi connectivity index (χ1v) is 3.34. The molecule has 0 bridgehead atoms. The van der Waals surface area contributed by atoms with Crippen molar-refractivity contribution in [1.82, 2.24) is 0 Å². The highest BCUT2D eigenvalue weighted by molar-refractivity contribution is 7.92. The highest BCUT2D eigenvalue weighted by Crippen LogP contribution is 2.54. The third kappa shape index (κ3) is 1.11. The summed E-state index contributed by atoms with van der Waals surface area (Å²) in [5.74, 6) is 0. The Morgan fingerprint density at radius 2 is 2.20 bits per heavy atom. The molecule has 0 aromatic rings. The number of hydrogen-bond donors (Lipinski definition) is 1. The zero-order chi connectivity index (χ0) is 3.91. The summed E-state index contributed by atoms with van der Waals surface area (Å²) in [7, 11) is 1.12. The molecular formula is C3H7PS. The van der Waals surface area contributed by atoms with Crippen molar-refractivity contribution in [2.24, 2.45) is 0 Å². The van der Waals surface area contributed by atoms with Gasteiger partial charge >= 0.3 is 0 Å². The lowest BCUT2D eigenvalue weighted by Crippen LogP contribution is -1.81. The molecule has 1 saturated heterocycles. The molecule has 0 radical (unpaired) electrons. The summed E-state index contributed by atoms with van der Waals surface area (Å²) in [6.07, 6.45) is 1.34. The van der Waals surface area contributed by atoms with E-state index >= 15 is 0 Å². The van der Waals surface area contributed by atoms with Gasteiger partial charge in [-0.15, -0.1) is 8.58 Å². The van der Waals surface area contributed by atoms with Gasteiger partial charge in [0.15, 0.2) is 0 Å². The van der Waals surface area contributed by atoms with E-state index in [1.54, 1.807) is 0 Å². The molecular weight excluding hydrogens is 99.1 g/mol. The van der Waals surface area contributed by atoms with Gasteiger partial charge in [0.1, 0.15) is 0 Å². The van der Waals surface area contributed by atoms with Gasteiger partial charge in [-0.05, 0) is 13.1 Å². The summed E-state index contributed by atoms with van der Waals surface area (Å²) in [5, 5.41) is 0. The molecule has 0 amide bonds. The molecule has 1 aliphatic rings. The maximum absolute atomic E-state index is 4.25. The van der Waals surface area contributed by atoms with Crippen LogP contribution in [0, 0.1) is 0 Å². The van der Waals surface area contributed by atoms with Crippen LogP contribution in [0.2, 0.25) is 0 Å². The second-order valence-corrected chi connectivity index (χ2v) is 4.85. The highest BCUT2D eigenvalue weighted by atomic mass is 32.1. The van der Waals surface area contributed by atoms with E-state index < -0.39 is 0 Å². The van der Waals surface area contributed by atoms with E-state index in [4.69, 9.17) is 0 Å². The largest absolute Gasteiger partial charge is 0.168 e. The second kappa shape index (κ2) is 0.886. The van der Waals surface area contributed by atoms with Crippen molar-refractivity contribution in [2.75, 3.05) is 6.16 Å². The van der Waals surface area contributed by atoms with Gasteiger partial charge < -0.3 is 0 Å². The van der Waals surface area contributed by atoms with E-state index in [9.17, 15) is 0 Å². The summed E-state index contributed by atoms with van der Waals surface area (Å²) in [6, 6.07) is 0. The van der Waals surface area contributed by atoms with E-state index in [0.717, 1.165) is 8.58 Å². The molecule has 30 valence electrons. The van der Waals surface area contributed by atoms with Crippen LogP contribution in [0.4, 0.5) is 0 Å². The molecule has 2 heteroatoms. The Kier molecular flexibility index (Phi) is 0.700. The molecule has 1 unspecified atom stereocenters. The Morgan fingerprint density at radius 3 is 2.20 bits per heavy atom. The minimum Gasteiger partial charge on any atom is -0.168 e. The van der Waals surface area contributed by atoms with E-state index in [0.29, 0.717) is 4.49 Å². The Labute approximate surface area is 39.5 Å². The predicted molar refractivity (Wildman–Crippen MR) is 30.6 cm³/mol. The first kappa shape index (κ1) is 3.95. The van der Waals surface area contributed by atoms with E-state index in [-0.39, 0.29) is 0 Å². The predicted octanol–water partition coefficient (Wildman–Crippen LogP) is 1.32. The molecule has 0 aliphatic carbocycles. The van der Waals surface area contributed by atoms with Crippen molar-refractivity contribution in [2.45, 2.75) is 11.4 Å². The van der Waals surface area contributed by atoms with Crippen LogP contribution in [0.15, 0.2) is 0 Å². The van der Waals surface area contributed by atoms with Crippen LogP contribution in [0.25, 0.3) is 0 Å². The van der Waals surface area contributed by atoms with Crippen molar-refractivity contribution in [3.8, 4) is 0 Å². The molecule has 0 N–H and O–H groups in total. The molecule has 1 aliphatic heterocycles. The average Bonchev–Trinajstić information content (AvgIpc) is 1.76. The van der Waals surface area contributed by atoms with Gasteiger partial charge in [0.05, 0.1) is 0 Å². The lowest BCUT2D eigenvalue weighted by atomic mass is 10.6. The van der Waals surface area contributed by atoms with Gasteiger partial charge in [0, 0.05) is 4.49 Å². The Hall–Kier alpha value is 0.780. The minimum atomic E-state index is 0.472. The van der Waals surface area contributed by atoms with Crippen LogP contribution in [0.1, 0.15) is 6.92 Å². The van der Waals surface area contributed by atoms with Crippen molar-refractivity contribution >= 4 is 21.2 Å². The van der Waals surface area contributed by atoms with E-state index in [2.05, 4.69) is 19.6 Å². The van der Waals surface area contributed by atoms with Crippen LogP contribution in [0.5, 0.6) is 0 Å². The van der Waals surface area contributed by atoms with E-state index in [1.807, 2.05) is 0 Å². The van der Waals surface area contributed by atoms with Gasteiger partial charge in [-0.1, -0.05) is 0 Å². The molecule has 5 heavy (non-hydrogen) atoms. The molecule has 0 saturated carbocycles. The molecule has 0 spiro atoms. The van der Waals surface area contributed by atoms with Gasteiger partial charge in [-0.2, -0.15) is 12.6 Å². The smallest absolute Gasteiger partial charge is 0.0308 e. The Balaban J connectivity index is 2.38. The number of rotatable bonds is 0. The lowest BCUT2D eigenvalue weighted by Gasteiger charge is -1.84. The molecule has 1 fully saturated rings. The van der Waals surface area contributed by atoms with Crippen molar-refractivity contribution in [3.63, 3.8) is 0 Å². The standard InChI is InChI=1S/C3H7PS/c1-3(5)2-4-3/h4-5H,2H2,1H3/t3-/m0/s1. The van der Waals surface area contributed by atoms with E-state index in [1.165, 1.54) is 6.16 Å². The second-order valence-electron chi connectivity index (χ2n) is 1.63. The van der Waals surface area contributed by atoms with Crippen LogP contribution in [-0.4, -0.2) is 10.7 Å². The summed E-state index contributed by atoms with van der Waals surface area (Å²) >= 11 is 4.25. The molecule has 0 aromatic heterocycles. The summed E-state index contributed by atoms with van der Waals surface area (Å²) < 4.78 is 0.472. The lowest BCUT2D eigenvalue weighted by molar-refractivity contribution is 1.17. The average molecular weight is 106 g/mol. The van der Waals surface area contributed by atoms with Crippen molar-refractivity contribution in [1.29, 1.82) is 0 Å². The fourth-order valence-corrected chi connectivity index (χ4v) is 0.621. The molecule has 0 aromatic carbocycles. The van der Waals surface area contributed by atoms with Gasteiger partial charge in [0.25, 0.3) is 0 Å². The third-order valence-corrected chi connectivity index (χ3v) is 3.01. The fourth-order valence-electron chi connectivity index (χ4n) is 0.128. The quantitative estimate of drug-likeness (QED) is 0.349. The van der Waals surface area contributed by atoms with Crippen molar-refractivity contribution in [3.05, 3.63) is 0 Å². The minimum absolute atomic E-state index is 0.472. The Morgan fingerprint density at radius 1 is 2.00 bits per heavy atom. The first-order chi connectivity index (χ1) is 2.21. The monoisotopic (exact) mass is 106 g/mol. The first-order valence-electron chi connectivity index (χ1n) is 1.68. The maximum Gasteiger partial charge on any atom is 0.0308 e. The maximum atomic E-state index is 4.25. The SMILES string of the molecule is C[C@]1(S)CP1. The zero-order valence-electron chi connectivity index (χ0n) is 3.15. The number of thiol groups is 1. The molecule has 0 nitrogen and oxygen atoms in total. The van der Waals surface area contributed by atoms with Crippen LogP contribution in [-0.2, 0) is 0 Å². The third-order valence-electron chi connectivity index (χ3n) is 0.688. The zero-order valence-corrected chi connectivity index (χ0v) is 5.05. The molecule has 1 rings (SSSR count). The molecule has 2 atom stereocenters. The van der Waals surface area contributed by atoms with Crippen LogP contribution < -0.4 is 0 Å². The normalized spacial score (nSPS) is 54.0.